The van der Waals surface area contributed by atoms with Crippen molar-refractivity contribution in [2.24, 2.45) is 0 Å². The molecule has 0 spiro atoms. The van der Waals surface area contributed by atoms with Crippen LogP contribution in [0.1, 0.15) is 89.2 Å². The normalized spacial score (nSPS) is 11.1. The largest absolute Gasteiger partial charge is 0.236 e. The fourth-order valence-electron chi connectivity index (χ4n) is 4.17. The lowest BCUT2D eigenvalue weighted by Gasteiger charge is -2.07. The van der Waals surface area contributed by atoms with Crippen molar-refractivity contribution in [3.8, 4) is 22.5 Å². The van der Waals surface area contributed by atoms with E-state index in [1.165, 1.54) is 92.9 Å². The van der Waals surface area contributed by atoms with Gasteiger partial charge in [-0.3, -0.25) is 0 Å². The Bertz CT molecular complexity index is 803. The van der Waals surface area contributed by atoms with Gasteiger partial charge in [-0.1, -0.05) is 114 Å². The molecule has 0 fully saturated rings. The van der Waals surface area contributed by atoms with Crippen LogP contribution in [0.25, 0.3) is 22.5 Å². The first-order chi connectivity index (χ1) is 15.8. The molecule has 1 heterocycles. The fourth-order valence-corrected chi connectivity index (χ4v) is 4.17. The average molecular weight is 429 g/mol. The number of aryl methyl sites for hydroxylation is 2. The Kier molecular flexibility index (Phi) is 10.4. The van der Waals surface area contributed by atoms with Crippen molar-refractivity contribution >= 4 is 0 Å². The Hall–Kier alpha value is -2.48. The molecule has 3 aromatic rings. The Morgan fingerprint density at radius 3 is 1.44 bits per heavy atom. The molecule has 1 aromatic heterocycles. The van der Waals surface area contributed by atoms with Crippen molar-refractivity contribution < 1.29 is 0 Å². The van der Waals surface area contributed by atoms with Gasteiger partial charge >= 0.3 is 0 Å². The van der Waals surface area contributed by atoms with Crippen molar-refractivity contribution in [1.29, 1.82) is 0 Å². The maximum Gasteiger partial charge on any atom is 0.159 e. The number of nitrogens with zero attached hydrogens (tertiary/aromatic N) is 2. The van der Waals surface area contributed by atoms with Crippen molar-refractivity contribution in [3.05, 3.63) is 72.1 Å². The molecule has 0 radical (unpaired) electrons. The predicted octanol–water partition coefficient (Wildman–Crippen LogP) is 8.84. The highest BCUT2D eigenvalue weighted by Gasteiger charge is 2.04. The van der Waals surface area contributed by atoms with Crippen LogP contribution in [0.2, 0.25) is 0 Å². The summed E-state index contributed by atoms with van der Waals surface area (Å²) >= 11 is 0. The number of benzene rings is 2. The lowest BCUT2D eigenvalue weighted by atomic mass is 10.00. The molecular formula is C30H40N2. The van der Waals surface area contributed by atoms with Gasteiger partial charge in [-0.25, -0.2) is 9.97 Å². The lowest BCUT2D eigenvalue weighted by molar-refractivity contribution is 0.631. The number of hydrogen-bond acceptors (Lipinski definition) is 2. The zero-order chi connectivity index (χ0) is 22.4. The van der Waals surface area contributed by atoms with Gasteiger partial charge in [0.1, 0.15) is 0 Å². The molecule has 0 N–H and O–H groups in total. The number of unbranched alkanes of at least 4 members (excludes halogenated alkanes) is 8. The summed E-state index contributed by atoms with van der Waals surface area (Å²) in [5.74, 6) is 0.810. The van der Waals surface area contributed by atoms with Crippen LogP contribution in [0.5, 0.6) is 0 Å². The highest BCUT2D eigenvalue weighted by molar-refractivity contribution is 5.67. The Morgan fingerprint density at radius 2 is 0.906 bits per heavy atom. The summed E-state index contributed by atoms with van der Waals surface area (Å²) in [5, 5.41) is 0. The highest BCUT2D eigenvalue weighted by Crippen LogP contribution is 2.24. The van der Waals surface area contributed by atoms with E-state index in [2.05, 4.69) is 72.3 Å². The van der Waals surface area contributed by atoms with E-state index < -0.39 is 0 Å². The van der Waals surface area contributed by atoms with E-state index in [9.17, 15) is 0 Å². The molecule has 0 aliphatic heterocycles. The summed E-state index contributed by atoms with van der Waals surface area (Å²) in [4.78, 5) is 9.23. The first-order valence-electron chi connectivity index (χ1n) is 12.8. The first kappa shape index (κ1) is 24.2. The van der Waals surface area contributed by atoms with Crippen molar-refractivity contribution in [2.45, 2.75) is 90.9 Å². The third-order valence-corrected chi connectivity index (χ3v) is 6.27. The third-order valence-electron chi connectivity index (χ3n) is 6.27. The summed E-state index contributed by atoms with van der Waals surface area (Å²) in [5.41, 5.74) is 6.28. The van der Waals surface area contributed by atoms with Crippen LogP contribution in [0.4, 0.5) is 0 Å². The van der Waals surface area contributed by atoms with E-state index in [1.54, 1.807) is 0 Å². The molecule has 0 amide bonds. The molecule has 0 saturated carbocycles. The van der Waals surface area contributed by atoms with E-state index in [0.29, 0.717) is 0 Å². The summed E-state index contributed by atoms with van der Waals surface area (Å²) in [6.07, 6.45) is 19.5. The molecule has 0 bridgehead atoms. The van der Waals surface area contributed by atoms with Crippen LogP contribution in [0.3, 0.4) is 0 Å². The second kappa shape index (κ2) is 13.8. The third kappa shape index (κ3) is 7.89. The molecule has 2 nitrogen and oxygen atoms in total. The number of rotatable bonds is 14. The molecule has 0 aliphatic rings. The monoisotopic (exact) mass is 428 g/mol. The van der Waals surface area contributed by atoms with E-state index in [-0.39, 0.29) is 0 Å². The smallest absolute Gasteiger partial charge is 0.159 e. The van der Waals surface area contributed by atoms with Crippen LogP contribution < -0.4 is 0 Å². The van der Waals surface area contributed by atoms with Gasteiger partial charge in [0.05, 0.1) is 0 Å². The van der Waals surface area contributed by atoms with Gasteiger partial charge in [0.25, 0.3) is 0 Å². The zero-order valence-corrected chi connectivity index (χ0v) is 20.2. The maximum atomic E-state index is 4.61. The molecule has 2 heteroatoms. The van der Waals surface area contributed by atoms with Gasteiger partial charge in [0.2, 0.25) is 0 Å². The van der Waals surface area contributed by atoms with Gasteiger partial charge < -0.3 is 0 Å². The molecule has 0 unspecified atom stereocenters. The van der Waals surface area contributed by atoms with Gasteiger partial charge in [0.15, 0.2) is 5.82 Å². The summed E-state index contributed by atoms with van der Waals surface area (Å²) in [7, 11) is 0. The Labute approximate surface area is 195 Å². The van der Waals surface area contributed by atoms with Crippen LogP contribution >= 0.6 is 0 Å². The zero-order valence-electron chi connectivity index (χ0n) is 20.2. The van der Waals surface area contributed by atoms with Crippen molar-refractivity contribution in [2.75, 3.05) is 0 Å². The molecule has 32 heavy (non-hydrogen) atoms. The number of aromatic nitrogens is 2. The molecule has 2 aromatic carbocycles. The minimum atomic E-state index is 0.810. The fraction of sp³-hybridized carbons (Fsp3) is 0.467. The Morgan fingerprint density at radius 1 is 0.469 bits per heavy atom. The maximum absolute atomic E-state index is 4.61. The van der Waals surface area contributed by atoms with Gasteiger partial charge in [-0.2, -0.15) is 0 Å². The number of hydrogen-bond donors (Lipinski definition) is 0. The van der Waals surface area contributed by atoms with Crippen molar-refractivity contribution in [3.63, 3.8) is 0 Å². The average Bonchev–Trinajstić information content (AvgIpc) is 2.85. The predicted molar refractivity (Wildman–Crippen MR) is 138 cm³/mol. The Balaban J connectivity index is 1.51. The lowest BCUT2D eigenvalue weighted by Crippen LogP contribution is -1.93. The summed E-state index contributed by atoms with van der Waals surface area (Å²) < 4.78 is 0. The molecule has 0 saturated heterocycles. The highest BCUT2D eigenvalue weighted by atomic mass is 14.9. The standard InChI is InChI=1S/C30H40N2/c1-3-5-7-9-11-13-25-15-17-27(18-16-25)28-19-21-29(22-20-28)30-31-23-26(24-32-30)14-12-10-8-6-4-2/h15-24H,3-14H2,1-2H3. The van der Waals surface area contributed by atoms with E-state index in [4.69, 9.17) is 0 Å². The quantitative estimate of drug-likeness (QED) is 0.240. The van der Waals surface area contributed by atoms with Gasteiger partial charge in [-0.05, 0) is 47.9 Å². The molecular weight excluding hydrogens is 388 g/mol. The van der Waals surface area contributed by atoms with Crippen LogP contribution in [-0.4, -0.2) is 9.97 Å². The van der Waals surface area contributed by atoms with Crippen LogP contribution in [0.15, 0.2) is 60.9 Å². The van der Waals surface area contributed by atoms with Crippen LogP contribution in [0, 0.1) is 0 Å². The molecule has 3 rings (SSSR count). The minimum Gasteiger partial charge on any atom is -0.236 e. The molecule has 170 valence electrons. The van der Waals surface area contributed by atoms with E-state index in [0.717, 1.165) is 17.8 Å². The summed E-state index contributed by atoms with van der Waals surface area (Å²) in [6, 6.07) is 17.7. The molecule has 0 aliphatic carbocycles. The molecule has 0 atom stereocenters. The first-order valence-corrected chi connectivity index (χ1v) is 12.8. The summed E-state index contributed by atoms with van der Waals surface area (Å²) in [6.45, 7) is 4.52. The second-order valence-corrected chi connectivity index (χ2v) is 9.02. The van der Waals surface area contributed by atoms with Gasteiger partial charge in [0, 0.05) is 18.0 Å². The van der Waals surface area contributed by atoms with Gasteiger partial charge in [-0.15, -0.1) is 0 Å². The topological polar surface area (TPSA) is 25.8 Å². The second-order valence-electron chi connectivity index (χ2n) is 9.02. The SMILES string of the molecule is CCCCCCCc1ccc(-c2ccc(-c3ncc(CCCCCCC)cn3)cc2)cc1. The van der Waals surface area contributed by atoms with E-state index >= 15 is 0 Å². The van der Waals surface area contributed by atoms with Crippen molar-refractivity contribution in [1.82, 2.24) is 9.97 Å². The van der Waals surface area contributed by atoms with E-state index in [1.807, 2.05) is 12.4 Å². The minimum absolute atomic E-state index is 0.810. The van der Waals surface area contributed by atoms with Crippen LogP contribution in [-0.2, 0) is 12.8 Å².